The molecule has 2 rings (SSSR count). The minimum atomic E-state index is -0.117. The maximum absolute atomic E-state index is 12.0. The van der Waals surface area contributed by atoms with Crippen LogP contribution < -0.4 is 20.1 Å². The first-order valence-corrected chi connectivity index (χ1v) is 14.7. The van der Waals surface area contributed by atoms with Gasteiger partial charge in [0, 0.05) is 33.4 Å². The van der Waals surface area contributed by atoms with Gasteiger partial charge < -0.3 is 34.3 Å². The minimum Gasteiger partial charge on any atom is -0.494 e. The molecule has 0 aromatic heterocycles. The van der Waals surface area contributed by atoms with Crippen LogP contribution in [0, 0.1) is 6.92 Å². The minimum absolute atomic E-state index is 0.0899. The third-order valence-electron chi connectivity index (χ3n) is 6.20. The third kappa shape index (κ3) is 18.0. The number of unbranched alkanes of at least 4 members (excludes halogenated alkanes) is 4. The number of aryl methyl sites for hydroxylation is 1. The molecular weight excluding hydrogens is 524 g/mol. The predicted octanol–water partition coefficient (Wildman–Crippen LogP) is 4.25. The lowest BCUT2D eigenvalue weighted by molar-refractivity contribution is -0.126. The van der Waals surface area contributed by atoms with Crippen LogP contribution in [0.3, 0.4) is 0 Å². The summed E-state index contributed by atoms with van der Waals surface area (Å²) < 4.78 is 27.8. The molecule has 0 radical (unpaired) electrons. The third-order valence-corrected chi connectivity index (χ3v) is 6.20. The zero-order chi connectivity index (χ0) is 29.4. The van der Waals surface area contributed by atoms with Gasteiger partial charge >= 0.3 is 0 Å². The number of nitrogens with one attached hydrogen (secondary N) is 2. The van der Waals surface area contributed by atoms with Crippen molar-refractivity contribution in [3.05, 3.63) is 59.7 Å². The first-order chi connectivity index (χ1) is 20.1. The van der Waals surface area contributed by atoms with Crippen molar-refractivity contribution >= 4 is 11.8 Å². The van der Waals surface area contributed by atoms with E-state index in [9.17, 15) is 9.59 Å². The Kier molecular flexibility index (Phi) is 18.7. The van der Waals surface area contributed by atoms with Crippen LogP contribution in [0.5, 0.6) is 11.5 Å². The van der Waals surface area contributed by atoms with E-state index in [1.807, 2.05) is 36.4 Å². The number of ether oxygens (including phenoxy) is 5. The summed E-state index contributed by atoms with van der Waals surface area (Å²) in [6, 6.07) is 16.0. The number of hydrogen-bond donors (Lipinski definition) is 2. The van der Waals surface area contributed by atoms with Gasteiger partial charge in [-0.3, -0.25) is 9.59 Å². The number of amides is 2. The Balaban J connectivity index is 1.37. The number of rotatable bonds is 24. The zero-order valence-electron chi connectivity index (χ0n) is 24.8. The highest BCUT2D eigenvalue weighted by molar-refractivity contribution is 5.77. The van der Waals surface area contributed by atoms with Gasteiger partial charge in [-0.15, -0.1) is 0 Å². The maximum Gasteiger partial charge on any atom is 0.246 e. The van der Waals surface area contributed by atoms with Gasteiger partial charge in [0.2, 0.25) is 11.8 Å². The van der Waals surface area contributed by atoms with Crippen molar-refractivity contribution in [3.63, 3.8) is 0 Å². The van der Waals surface area contributed by atoms with E-state index < -0.39 is 0 Å². The van der Waals surface area contributed by atoms with Crippen LogP contribution in [0.15, 0.2) is 48.5 Å². The summed E-state index contributed by atoms with van der Waals surface area (Å²) in [6.45, 7) is 6.30. The highest BCUT2D eigenvalue weighted by Crippen LogP contribution is 2.13. The molecular formula is C32H48N2O7. The van der Waals surface area contributed by atoms with Gasteiger partial charge in [-0.05, 0) is 75.3 Å². The van der Waals surface area contributed by atoms with Crippen LogP contribution in [0.2, 0.25) is 0 Å². The van der Waals surface area contributed by atoms with Crippen molar-refractivity contribution in [1.82, 2.24) is 10.6 Å². The molecule has 228 valence electrons. The van der Waals surface area contributed by atoms with Crippen LogP contribution >= 0.6 is 0 Å². The lowest BCUT2D eigenvalue weighted by atomic mass is 10.1. The average Bonchev–Trinajstić information content (AvgIpc) is 2.98. The Labute approximate surface area is 245 Å². The van der Waals surface area contributed by atoms with E-state index in [0.29, 0.717) is 39.6 Å². The monoisotopic (exact) mass is 572 g/mol. The van der Waals surface area contributed by atoms with Crippen molar-refractivity contribution in [1.29, 1.82) is 0 Å². The van der Waals surface area contributed by atoms with E-state index in [2.05, 4.69) is 29.7 Å². The van der Waals surface area contributed by atoms with E-state index in [0.717, 1.165) is 68.6 Å². The molecule has 0 spiro atoms. The van der Waals surface area contributed by atoms with Crippen LogP contribution in [-0.4, -0.2) is 78.3 Å². The van der Waals surface area contributed by atoms with E-state index in [1.54, 1.807) is 7.05 Å². The number of carbonyl (C=O) groups is 2. The number of carbonyl (C=O) groups excluding carboxylic acids is 2. The molecule has 0 saturated carbocycles. The predicted molar refractivity (Wildman–Crippen MR) is 160 cm³/mol. The number of hydrogen-bond acceptors (Lipinski definition) is 7. The van der Waals surface area contributed by atoms with E-state index in [4.69, 9.17) is 23.7 Å². The fraction of sp³-hybridized carbons (Fsp3) is 0.562. The van der Waals surface area contributed by atoms with Crippen LogP contribution in [-0.2, 0) is 30.2 Å². The van der Waals surface area contributed by atoms with E-state index in [-0.39, 0.29) is 25.0 Å². The summed E-state index contributed by atoms with van der Waals surface area (Å²) in [5.74, 6) is 1.50. The Morgan fingerprint density at radius 1 is 0.610 bits per heavy atom. The summed E-state index contributed by atoms with van der Waals surface area (Å²) in [4.78, 5) is 23.0. The molecule has 2 aromatic carbocycles. The first kappa shape index (κ1) is 34.1. The number of benzene rings is 2. The Morgan fingerprint density at radius 2 is 1.15 bits per heavy atom. The average molecular weight is 573 g/mol. The molecule has 2 amide bonds. The summed E-state index contributed by atoms with van der Waals surface area (Å²) in [6.07, 6.45) is 6.55. The standard InChI is InChI=1S/C32H48N2O7/c1-27-9-13-29(14-10-27)40-22-6-4-3-5-20-39-26-32(36)34-18-17-28-11-15-30(16-12-28)41-24-23-37-19-7-8-21-38-25-31(35)33-2/h9-16H,3-8,17-26H2,1-2H3,(H,33,35)(H,34,36). The van der Waals surface area contributed by atoms with E-state index in [1.165, 1.54) is 5.56 Å². The fourth-order valence-electron chi connectivity index (χ4n) is 3.76. The normalized spacial score (nSPS) is 10.8. The molecule has 9 nitrogen and oxygen atoms in total. The molecule has 0 bridgehead atoms. The lowest BCUT2D eigenvalue weighted by Gasteiger charge is -2.09. The van der Waals surface area contributed by atoms with Crippen molar-refractivity contribution in [2.24, 2.45) is 0 Å². The van der Waals surface area contributed by atoms with Gasteiger partial charge in [-0.25, -0.2) is 0 Å². The van der Waals surface area contributed by atoms with Crippen molar-refractivity contribution in [2.45, 2.75) is 51.9 Å². The van der Waals surface area contributed by atoms with Crippen LogP contribution in [0.25, 0.3) is 0 Å². The van der Waals surface area contributed by atoms with Crippen LogP contribution in [0.4, 0.5) is 0 Å². The molecule has 0 saturated heterocycles. The Bertz CT molecular complexity index is 952. The SMILES string of the molecule is CNC(=O)COCCCCOCCOc1ccc(CCNC(=O)COCCCCCCOc2ccc(C)cc2)cc1. The van der Waals surface area contributed by atoms with Gasteiger partial charge in [0.15, 0.2) is 0 Å². The van der Waals surface area contributed by atoms with Gasteiger partial charge in [-0.1, -0.05) is 36.2 Å². The molecule has 0 aliphatic heterocycles. The van der Waals surface area contributed by atoms with Crippen LogP contribution in [0.1, 0.15) is 49.7 Å². The van der Waals surface area contributed by atoms with Gasteiger partial charge in [0.1, 0.15) is 31.3 Å². The molecule has 0 heterocycles. The summed E-state index contributed by atoms with van der Waals surface area (Å²) in [5.41, 5.74) is 2.36. The van der Waals surface area contributed by atoms with Crippen molar-refractivity contribution in [2.75, 3.05) is 66.4 Å². The molecule has 0 fully saturated rings. The Morgan fingerprint density at radius 3 is 1.80 bits per heavy atom. The highest BCUT2D eigenvalue weighted by Gasteiger charge is 2.03. The summed E-state index contributed by atoms with van der Waals surface area (Å²) >= 11 is 0. The maximum atomic E-state index is 12.0. The largest absolute Gasteiger partial charge is 0.494 e. The van der Waals surface area contributed by atoms with Gasteiger partial charge in [0.05, 0.1) is 13.2 Å². The molecule has 2 N–H and O–H groups in total. The second-order valence-corrected chi connectivity index (χ2v) is 9.77. The molecule has 0 aliphatic carbocycles. The second-order valence-electron chi connectivity index (χ2n) is 9.77. The summed E-state index contributed by atoms with van der Waals surface area (Å²) in [5, 5.41) is 5.42. The molecule has 41 heavy (non-hydrogen) atoms. The fourth-order valence-corrected chi connectivity index (χ4v) is 3.76. The molecule has 2 aromatic rings. The zero-order valence-corrected chi connectivity index (χ0v) is 24.8. The molecule has 0 aliphatic rings. The van der Waals surface area contributed by atoms with Crippen molar-refractivity contribution < 1.29 is 33.3 Å². The highest BCUT2D eigenvalue weighted by atomic mass is 16.5. The topological polar surface area (TPSA) is 104 Å². The first-order valence-electron chi connectivity index (χ1n) is 14.7. The van der Waals surface area contributed by atoms with Gasteiger partial charge in [-0.2, -0.15) is 0 Å². The molecule has 0 unspecified atom stereocenters. The number of likely N-dealkylation sites (N-methyl/N-ethyl adjacent to an activating group) is 1. The lowest BCUT2D eigenvalue weighted by Crippen LogP contribution is -2.29. The smallest absolute Gasteiger partial charge is 0.246 e. The second kappa shape index (κ2) is 22.5. The molecule has 9 heteroatoms. The van der Waals surface area contributed by atoms with Gasteiger partial charge in [0.25, 0.3) is 0 Å². The molecule has 0 atom stereocenters. The van der Waals surface area contributed by atoms with E-state index >= 15 is 0 Å². The summed E-state index contributed by atoms with van der Waals surface area (Å²) in [7, 11) is 1.59. The quantitative estimate of drug-likeness (QED) is 0.181. The van der Waals surface area contributed by atoms with Crippen molar-refractivity contribution in [3.8, 4) is 11.5 Å². The Hall–Kier alpha value is -3.14.